The number of amides is 3. The number of hydrogen-bond acceptors (Lipinski definition) is 5. The lowest BCUT2D eigenvalue weighted by atomic mass is 9.78. The van der Waals surface area contributed by atoms with Gasteiger partial charge in [-0.2, -0.15) is 13.2 Å². The van der Waals surface area contributed by atoms with E-state index in [2.05, 4.69) is 10.8 Å². The zero-order chi connectivity index (χ0) is 27.2. The van der Waals surface area contributed by atoms with Crippen LogP contribution in [0.25, 0.3) is 0 Å². The smallest absolute Gasteiger partial charge is 0.351 e. The van der Waals surface area contributed by atoms with Gasteiger partial charge in [0.15, 0.2) is 0 Å². The normalized spacial score (nSPS) is 15.2. The topological polar surface area (TPSA) is 114 Å². The highest BCUT2D eigenvalue weighted by molar-refractivity contribution is 5.93. The zero-order valence-corrected chi connectivity index (χ0v) is 20.2. The summed E-state index contributed by atoms with van der Waals surface area (Å²) < 4.78 is 52.1. The average molecular weight is 525 g/mol. The fourth-order valence-electron chi connectivity index (χ4n) is 4.07. The van der Waals surface area contributed by atoms with Crippen molar-refractivity contribution in [3.8, 4) is 0 Å². The summed E-state index contributed by atoms with van der Waals surface area (Å²) in [6, 6.07) is 8.14. The third kappa shape index (κ3) is 6.83. The third-order valence-corrected chi connectivity index (χ3v) is 6.54. The van der Waals surface area contributed by atoms with Gasteiger partial charge in [-0.05, 0) is 61.2 Å². The van der Waals surface area contributed by atoms with Gasteiger partial charge in [0.25, 0.3) is 5.91 Å². The first kappa shape index (κ1) is 28.1. The fourth-order valence-corrected chi connectivity index (χ4v) is 4.07. The molecule has 200 valence electrons. The highest BCUT2D eigenvalue weighted by Gasteiger charge is 2.43. The highest BCUT2D eigenvalue weighted by Crippen LogP contribution is 2.33. The summed E-state index contributed by atoms with van der Waals surface area (Å²) in [6.45, 7) is 1.71. The monoisotopic (exact) mass is 524 g/mol. The van der Waals surface area contributed by atoms with Crippen LogP contribution in [0.3, 0.4) is 0 Å². The van der Waals surface area contributed by atoms with Crippen LogP contribution in [0.15, 0.2) is 42.5 Å². The molecule has 0 unspecified atom stereocenters. The number of benzene rings is 2. The number of hydrogen-bond donors (Lipinski definition) is 3. The number of likely N-dealkylation sites (tertiary alicyclic amines) is 1. The summed E-state index contributed by atoms with van der Waals surface area (Å²) >= 11 is 0. The molecular weight excluding hydrogens is 496 g/mol. The summed E-state index contributed by atoms with van der Waals surface area (Å²) in [5, 5.41) is 2.79. The molecule has 0 saturated carbocycles. The van der Waals surface area contributed by atoms with E-state index in [-0.39, 0.29) is 57.1 Å². The van der Waals surface area contributed by atoms with Gasteiger partial charge in [0.2, 0.25) is 11.8 Å². The molecule has 0 aromatic heterocycles. The van der Waals surface area contributed by atoms with Crippen molar-refractivity contribution in [1.29, 1.82) is 0 Å². The molecular formula is C25H28F4N4O4. The first-order valence-electron chi connectivity index (χ1n) is 11.6. The molecule has 1 saturated heterocycles. The molecule has 1 heterocycles. The number of piperidine rings is 1. The molecule has 1 aliphatic rings. The predicted octanol–water partition coefficient (Wildman–Crippen LogP) is 2.70. The molecule has 0 aliphatic carbocycles. The largest absolute Gasteiger partial charge is 0.416 e. The van der Waals surface area contributed by atoms with Crippen molar-refractivity contribution >= 4 is 17.7 Å². The fraction of sp³-hybridized carbons (Fsp3) is 0.400. The van der Waals surface area contributed by atoms with E-state index in [1.165, 1.54) is 17.0 Å². The van der Waals surface area contributed by atoms with Crippen molar-refractivity contribution in [2.45, 2.75) is 32.5 Å². The van der Waals surface area contributed by atoms with Crippen LogP contribution >= 0.6 is 0 Å². The molecule has 3 rings (SSSR count). The maximum atomic E-state index is 13.9. The lowest BCUT2D eigenvalue weighted by Gasteiger charge is -2.40. The van der Waals surface area contributed by atoms with Crippen LogP contribution in [0, 0.1) is 18.2 Å². The number of alkyl halides is 3. The number of rotatable bonds is 8. The zero-order valence-electron chi connectivity index (χ0n) is 20.2. The molecule has 1 fully saturated rings. The van der Waals surface area contributed by atoms with Crippen molar-refractivity contribution in [2.24, 2.45) is 11.1 Å². The summed E-state index contributed by atoms with van der Waals surface area (Å²) in [7, 11) is 0. The number of nitrogens with one attached hydrogen (secondary N) is 2. The van der Waals surface area contributed by atoms with E-state index in [0.29, 0.717) is 11.1 Å². The van der Waals surface area contributed by atoms with Gasteiger partial charge in [0.05, 0.1) is 24.1 Å². The Labute approximate surface area is 211 Å². The average Bonchev–Trinajstić information content (AvgIpc) is 2.88. The van der Waals surface area contributed by atoms with Crippen LogP contribution in [-0.4, -0.2) is 48.9 Å². The Bertz CT molecular complexity index is 1130. The first-order chi connectivity index (χ1) is 17.5. The summed E-state index contributed by atoms with van der Waals surface area (Å²) in [5.74, 6) is -1.85. The maximum Gasteiger partial charge on any atom is 0.416 e. The highest BCUT2D eigenvalue weighted by atomic mass is 19.4. The van der Waals surface area contributed by atoms with Gasteiger partial charge >= 0.3 is 6.18 Å². The minimum atomic E-state index is -4.53. The second kappa shape index (κ2) is 11.7. The lowest BCUT2D eigenvalue weighted by Crippen LogP contribution is -2.53. The molecule has 2 aromatic rings. The van der Waals surface area contributed by atoms with Crippen LogP contribution in [-0.2, 0) is 27.1 Å². The van der Waals surface area contributed by atoms with Gasteiger partial charge in [-0.3, -0.25) is 19.2 Å². The second-order valence-corrected chi connectivity index (χ2v) is 8.87. The van der Waals surface area contributed by atoms with Gasteiger partial charge in [-0.15, -0.1) is 0 Å². The molecule has 37 heavy (non-hydrogen) atoms. The Hall–Kier alpha value is -3.51. The standard InChI is InChI=1S/C25H28F4N4O4/c1-16-18(3-2-4-20(16)26)14-31-23(36)24(9-11-33(12-10-24)21(34)13-30)15-37-32-22(35)17-5-7-19(8-6-17)25(27,28)29/h2-8H,9-15,30H2,1H3,(H,31,36)(H,32,35). The van der Waals surface area contributed by atoms with Crippen LogP contribution < -0.4 is 16.5 Å². The summed E-state index contributed by atoms with van der Waals surface area (Å²) in [6.07, 6.45) is -4.11. The number of hydroxylamine groups is 1. The number of halogens is 4. The molecule has 12 heteroatoms. The molecule has 3 amide bonds. The summed E-state index contributed by atoms with van der Waals surface area (Å²) in [5.41, 5.74) is 6.52. The molecule has 2 aromatic carbocycles. The molecule has 4 N–H and O–H groups in total. The molecule has 0 spiro atoms. The Morgan fingerprint density at radius 1 is 1.08 bits per heavy atom. The molecule has 8 nitrogen and oxygen atoms in total. The number of carbonyl (C=O) groups is 3. The molecule has 1 aliphatic heterocycles. The van der Waals surface area contributed by atoms with E-state index in [9.17, 15) is 31.9 Å². The van der Waals surface area contributed by atoms with Gasteiger partial charge in [0, 0.05) is 25.2 Å². The van der Waals surface area contributed by atoms with Gasteiger partial charge in [-0.25, -0.2) is 9.87 Å². The second-order valence-electron chi connectivity index (χ2n) is 8.87. The van der Waals surface area contributed by atoms with Crippen molar-refractivity contribution in [3.63, 3.8) is 0 Å². The molecule has 0 atom stereocenters. The van der Waals surface area contributed by atoms with Crippen molar-refractivity contribution in [1.82, 2.24) is 15.7 Å². The Morgan fingerprint density at radius 2 is 1.73 bits per heavy atom. The first-order valence-corrected chi connectivity index (χ1v) is 11.6. The lowest BCUT2D eigenvalue weighted by molar-refractivity contribution is -0.145. The van der Waals surface area contributed by atoms with Crippen molar-refractivity contribution in [3.05, 3.63) is 70.5 Å². The SMILES string of the molecule is Cc1c(F)cccc1CNC(=O)C1(CONC(=O)c2ccc(C(F)(F)F)cc2)CCN(C(=O)CN)CC1. The number of nitrogens with zero attached hydrogens (tertiary/aromatic N) is 1. The van der Waals surface area contributed by atoms with E-state index in [4.69, 9.17) is 10.6 Å². The Balaban J connectivity index is 1.67. The quantitative estimate of drug-likeness (QED) is 0.363. The van der Waals surface area contributed by atoms with Crippen LogP contribution in [0.1, 0.15) is 39.9 Å². The molecule has 0 radical (unpaired) electrons. The van der Waals surface area contributed by atoms with E-state index in [1.807, 2.05) is 0 Å². The van der Waals surface area contributed by atoms with Gasteiger partial charge in [0.1, 0.15) is 5.82 Å². The Morgan fingerprint density at radius 3 is 2.32 bits per heavy atom. The molecule has 0 bridgehead atoms. The van der Waals surface area contributed by atoms with Crippen molar-refractivity contribution < 1.29 is 36.8 Å². The van der Waals surface area contributed by atoms with E-state index >= 15 is 0 Å². The van der Waals surface area contributed by atoms with Gasteiger partial charge in [-0.1, -0.05) is 12.1 Å². The van der Waals surface area contributed by atoms with E-state index in [1.54, 1.807) is 13.0 Å². The van der Waals surface area contributed by atoms with Gasteiger partial charge < -0.3 is 16.0 Å². The van der Waals surface area contributed by atoms with E-state index < -0.39 is 34.8 Å². The maximum absolute atomic E-state index is 13.9. The van der Waals surface area contributed by atoms with Crippen LogP contribution in [0.4, 0.5) is 17.6 Å². The third-order valence-electron chi connectivity index (χ3n) is 6.54. The summed E-state index contributed by atoms with van der Waals surface area (Å²) in [4.78, 5) is 44.5. The number of nitrogens with two attached hydrogens (primary N) is 1. The van der Waals surface area contributed by atoms with Crippen LogP contribution in [0.5, 0.6) is 0 Å². The minimum Gasteiger partial charge on any atom is -0.351 e. The predicted molar refractivity (Wildman–Crippen MR) is 125 cm³/mol. The van der Waals surface area contributed by atoms with Crippen LogP contribution in [0.2, 0.25) is 0 Å². The van der Waals surface area contributed by atoms with Crippen molar-refractivity contribution in [2.75, 3.05) is 26.2 Å². The number of carbonyl (C=O) groups excluding carboxylic acids is 3. The Kier molecular flexibility index (Phi) is 8.87. The van der Waals surface area contributed by atoms with E-state index in [0.717, 1.165) is 24.3 Å². The minimum absolute atomic E-state index is 0.0588.